The lowest BCUT2D eigenvalue weighted by molar-refractivity contribution is 0.125. The van der Waals surface area contributed by atoms with E-state index in [0.29, 0.717) is 5.92 Å². The van der Waals surface area contributed by atoms with Gasteiger partial charge in [-0.1, -0.05) is 34.1 Å². The molecule has 3 nitrogen and oxygen atoms in total. The van der Waals surface area contributed by atoms with Gasteiger partial charge in [0.05, 0.1) is 0 Å². The second-order valence-corrected chi connectivity index (χ2v) is 8.83. The van der Waals surface area contributed by atoms with Gasteiger partial charge in [0.15, 0.2) is 0 Å². The summed E-state index contributed by atoms with van der Waals surface area (Å²) in [7, 11) is -0.175. The highest BCUT2D eigenvalue weighted by Gasteiger charge is 2.33. The average molecular weight is 276 g/mol. The Labute approximate surface area is 114 Å². The predicted octanol–water partition coefficient (Wildman–Crippen LogP) is 3.97. The van der Waals surface area contributed by atoms with Gasteiger partial charge in [0.1, 0.15) is 0 Å². The van der Waals surface area contributed by atoms with E-state index in [9.17, 15) is 0 Å². The molecule has 0 fully saturated rings. The second kappa shape index (κ2) is 11.0. The van der Waals surface area contributed by atoms with E-state index in [2.05, 4.69) is 27.7 Å². The zero-order valence-electron chi connectivity index (χ0n) is 13.0. The summed E-state index contributed by atoms with van der Waals surface area (Å²) in [6.45, 7) is 11.3. The van der Waals surface area contributed by atoms with Crippen LogP contribution in [0.3, 0.4) is 0 Å². The Bertz CT molecular complexity index is 184. The van der Waals surface area contributed by atoms with E-state index in [4.69, 9.17) is 13.6 Å². The Balaban J connectivity index is 4.07. The molecule has 4 heteroatoms. The third-order valence-electron chi connectivity index (χ3n) is 3.39. The minimum atomic E-state index is -1.92. The molecule has 0 saturated carbocycles. The average Bonchev–Trinajstić information content (AvgIpc) is 2.40. The minimum absolute atomic E-state index is 0.546. The highest BCUT2D eigenvalue weighted by atomic mass is 28.4. The van der Waals surface area contributed by atoms with Crippen LogP contribution in [0, 0.1) is 5.92 Å². The van der Waals surface area contributed by atoms with Crippen molar-refractivity contribution in [1.82, 2.24) is 0 Å². The molecule has 0 aliphatic heterocycles. The van der Waals surface area contributed by atoms with Crippen LogP contribution in [0.1, 0.15) is 47.0 Å². The van der Waals surface area contributed by atoms with Gasteiger partial charge in [-0.05, 0) is 30.8 Å². The quantitative estimate of drug-likeness (QED) is 0.399. The fraction of sp³-hybridized carbons (Fsp3) is 1.00. The van der Waals surface area contributed by atoms with E-state index in [-0.39, 0.29) is 0 Å². The summed E-state index contributed by atoms with van der Waals surface area (Å²) < 4.78 is 17.4. The summed E-state index contributed by atoms with van der Waals surface area (Å²) in [4.78, 5) is 0. The Morgan fingerprint density at radius 2 is 1.67 bits per heavy atom. The molecule has 1 atom stereocenters. The Morgan fingerprint density at radius 3 is 2.17 bits per heavy atom. The zero-order chi connectivity index (χ0) is 13.9. The molecule has 0 aliphatic carbocycles. The van der Waals surface area contributed by atoms with Crippen molar-refractivity contribution in [3.8, 4) is 0 Å². The molecular formula is C14H32O3Si. The molecular weight excluding hydrogens is 244 g/mol. The summed E-state index contributed by atoms with van der Waals surface area (Å²) >= 11 is 0. The van der Waals surface area contributed by atoms with Gasteiger partial charge in [0.2, 0.25) is 0 Å². The molecule has 0 bridgehead atoms. The smallest absolute Gasteiger partial charge is 0.337 e. The first-order valence-electron chi connectivity index (χ1n) is 7.40. The van der Waals surface area contributed by atoms with Gasteiger partial charge in [-0.15, -0.1) is 0 Å². The molecule has 0 aliphatic rings. The van der Waals surface area contributed by atoms with Crippen molar-refractivity contribution < 1.29 is 13.6 Å². The number of rotatable bonds is 12. The highest BCUT2D eigenvalue weighted by molar-refractivity contribution is 6.67. The fourth-order valence-corrected chi connectivity index (χ4v) is 4.30. The summed E-state index contributed by atoms with van der Waals surface area (Å²) in [6, 6.07) is 2.09. The second-order valence-electron chi connectivity index (χ2n) is 5.02. The number of unbranched alkanes of at least 4 members (excludes halogenated alkanes) is 1. The van der Waals surface area contributed by atoms with Crippen LogP contribution in [0.2, 0.25) is 12.1 Å². The summed E-state index contributed by atoms with van der Waals surface area (Å²) in [5.41, 5.74) is 0. The van der Waals surface area contributed by atoms with Crippen LogP contribution in [0.25, 0.3) is 0 Å². The van der Waals surface area contributed by atoms with E-state index < -0.39 is 8.56 Å². The molecule has 1 unspecified atom stereocenters. The van der Waals surface area contributed by atoms with Gasteiger partial charge in [0.25, 0.3) is 0 Å². The summed E-state index contributed by atoms with van der Waals surface area (Å²) in [5.74, 6) is 0.546. The fourth-order valence-electron chi connectivity index (χ4n) is 1.80. The largest absolute Gasteiger partial charge is 0.394 e. The predicted molar refractivity (Wildman–Crippen MR) is 79.2 cm³/mol. The van der Waals surface area contributed by atoms with Crippen molar-refractivity contribution in [2.24, 2.45) is 5.92 Å². The Kier molecular flexibility index (Phi) is 11.0. The van der Waals surface area contributed by atoms with Crippen molar-refractivity contribution in [2.45, 2.75) is 59.0 Å². The van der Waals surface area contributed by atoms with Crippen molar-refractivity contribution >= 4 is 8.56 Å². The first kappa shape index (κ1) is 18.1. The topological polar surface area (TPSA) is 27.7 Å². The first-order chi connectivity index (χ1) is 8.64. The van der Waals surface area contributed by atoms with Crippen LogP contribution < -0.4 is 0 Å². The van der Waals surface area contributed by atoms with Gasteiger partial charge in [0, 0.05) is 26.9 Å². The summed E-state index contributed by atoms with van der Waals surface area (Å²) in [6.07, 6.45) is 3.38. The van der Waals surface area contributed by atoms with Crippen LogP contribution in [-0.4, -0.2) is 35.5 Å². The Hall–Kier alpha value is 0.0969. The van der Waals surface area contributed by atoms with Crippen molar-refractivity contribution in [1.29, 1.82) is 0 Å². The van der Waals surface area contributed by atoms with E-state index >= 15 is 0 Å². The van der Waals surface area contributed by atoms with Crippen molar-refractivity contribution in [3.05, 3.63) is 0 Å². The van der Waals surface area contributed by atoms with E-state index in [1.54, 1.807) is 7.11 Å². The molecule has 0 spiro atoms. The van der Waals surface area contributed by atoms with Gasteiger partial charge in [-0.25, -0.2) is 0 Å². The number of methoxy groups -OCH3 is 1. The number of hydrogen-bond acceptors (Lipinski definition) is 3. The summed E-state index contributed by atoms with van der Waals surface area (Å²) in [5, 5.41) is 0. The maximum Gasteiger partial charge on any atom is 0.337 e. The number of hydrogen-bond donors (Lipinski definition) is 0. The molecule has 110 valence electrons. The van der Waals surface area contributed by atoms with Crippen molar-refractivity contribution in [3.63, 3.8) is 0 Å². The molecule has 0 aromatic rings. The lowest BCUT2D eigenvalue weighted by Gasteiger charge is -2.30. The highest BCUT2D eigenvalue weighted by Crippen LogP contribution is 2.20. The van der Waals surface area contributed by atoms with Crippen LogP contribution in [-0.2, 0) is 13.6 Å². The molecule has 0 radical (unpaired) electrons. The molecule has 0 aromatic carbocycles. The maximum absolute atomic E-state index is 6.19. The van der Waals surface area contributed by atoms with Gasteiger partial charge in [-0.2, -0.15) is 0 Å². The standard InChI is InChI=1S/C14H32O3Si/c1-6-9-11-16-18(7-2,8-3)17-13-14(4)10-12-15-5/h14H,6-13H2,1-5H3. The lowest BCUT2D eigenvalue weighted by Crippen LogP contribution is -2.42. The first-order valence-corrected chi connectivity index (χ1v) is 9.64. The SMILES string of the molecule is CCCCO[Si](CC)(CC)OCC(C)CCOC. The third-order valence-corrected chi connectivity index (χ3v) is 6.96. The van der Waals surface area contributed by atoms with Crippen LogP contribution >= 0.6 is 0 Å². The molecule has 0 N–H and O–H groups in total. The van der Waals surface area contributed by atoms with Gasteiger partial charge in [-0.3, -0.25) is 0 Å². The minimum Gasteiger partial charge on any atom is -0.394 e. The lowest BCUT2D eigenvalue weighted by atomic mass is 10.1. The van der Waals surface area contributed by atoms with Crippen LogP contribution in [0.4, 0.5) is 0 Å². The van der Waals surface area contributed by atoms with Gasteiger partial charge >= 0.3 is 8.56 Å². The molecule has 0 saturated heterocycles. The van der Waals surface area contributed by atoms with Crippen LogP contribution in [0.5, 0.6) is 0 Å². The monoisotopic (exact) mass is 276 g/mol. The maximum atomic E-state index is 6.19. The van der Waals surface area contributed by atoms with Gasteiger partial charge < -0.3 is 13.6 Å². The zero-order valence-corrected chi connectivity index (χ0v) is 14.0. The van der Waals surface area contributed by atoms with E-state index in [1.165, 1.54) is 6.42 Å². The third kappa shape index (κ3) is 7.51. The van der Waals surface area contributed by atoms with E-state index in [0.717, 1.165) is 44.8 Å². The van der Waals surface area contributed by atoms with E-state index in [1.807, 2.05) is 0 Å². The molecule has 18 heavy (non-hydrogen) atoms. The molecule has 0 amide bonds. The van der Waals surface area contributed by atoms with Crippen LogP contribution in [0.15, 0.2) is 0 Å². The Morgan fingerprint density at radius 1 is 1.00 bits per heavy atom. The normalized spacial score (nSPS) is 13.8. The van der Waals surface area contributed by atoms with Crippen molar-refractivity contribution in [2.75, 3.05) is 26.9 Å². The molecule has 0 aromatic heterocycles. The molecule has 0 rings (SSSR count). The molecule has 0 heterocycles. The number of ether oxygens (including phenoxy) is 1.